The van der Waals surface area contributed by atoms with E-state index in [-0.39, 0.29) is 5.91 Å². The fourth-order valence-corrected chi connectivity index (χ4v) is 4.42. The molecule has 0 saturated heterocycles. The van der Waals surface area contributed by atoms with E-state index in [1.165, 1.54) is 16.9 Å². The van der Waals surface area contributed by atoms with Gasteiger partial charge in [-0.1, -0.05) is 79.8 Å². The van der Waals surface area contributed by atoms with Gasteiger partial charge in [-0.25, -0.2) is 4.79 Å². The highest BCUT2D eigenvalue weighted by Gasteiger charge is 2.23. The van der Waals surface area contributed by atoms with Gasteiger partial charge in [0.25, 0.3) is 0 Å². The van der Waals surface area contributed by atoms with Crippen molar-refractivity contribution in [2.75, 3.05) is 17.7 Å². The van der Waals surface area contributed by atoms with Crippen LogP contribution in [0.15, 0.2) is 78.9 Å². The van der Waals surface area contributed by atoms with Crippen LogP contribution in [0.2, 0.25) is 0 Å². The van der Waals surface area contributed by atoms with E-state index < -0.39 is 12.1 Å². The molecule has 3 aromatic carbocycles. The molecule has 0 bridgehead atoms. The van der Waals surface area contributed by atoms with E-state index in [4.69, 9.17) is 4.74 Å². The molecule has 0 aliphatic rings. The smallest absolute Gasteiger partial charge is 0.319 e. The van der Waals surface area contributed by atoms with Crippen LogP contribution in [-0.4, -0.2) is 35.3 Å². The fourth-order valence-electron chi connectivity index (χ4n) is 3.67. The Morgan fingerprint density at radius 2 is 1.68 bits per heavy atom. The SMILES string of the molecule is COc1cccc(-c2nnc(NC(=O)C(Cc3ccccc3)NC(=O)Nc3ccc(C(C)C)cc3)s2)c1. The van der Waals surface area contributed by atoms with Crippen LogP contribution in [0.5, 0.6) is 5.75 Å². The van der Waals surface area contributed by atoms with Crippen LogP contribution < -0.4 is 20.7 Å². The van der Waals surface area contributed by atoms with Crippen LogP contribution in [-0.2, 0) is 11.2 Å². The topological polar surface area (TPSA) is 105 Å². The highest BCUT2D eigenvalue weighted by atomic mass is 32.1. The third kappa shape index (κ3) is 7.14. The second-order valence-corrected chi connectivity index (χ2v) is 9.73. The van der Waals surface area contributed by atoms with Gasteiger partial charge in [-0.05, 0) is 41.3 Å². The molecule has 3 amide bonds. The molecule has 37 heavy (non-hydrogen) atoms. The number of urea groups is 1. The third-order valence-electron chi connectivity index (χ3n) is 5.71. The van der Waals surface area contributed by atoms with Crippen LogP contribution in [0.1, 0.15) is 30.9 Å². The van der Waals surface area contributed by atoms with Crippen molar-refractivity contribution in [1.82, 2.24) is 15.5 Å². The molecule has 0 radical (unpaired) electrons. The largest absolute Gasteiger partial charge is 0.497 e. The molecule has 1 aromatic heterocycles. The molecule has 1 unspecified atom stereocenters. The van der Waals surface area contributed by atoms with Gasteiger partial charge >= 0.3 is 6.03 Å². The lowest BCUT2D eigenvalue weighted by atomic mass is 10.0. The normalized spacial score (nSPS) is 11.6. The van der Waals surface area contributed by atoms with Gasteiger partial charge in [-0.3, -0.25) is 10.1 Å². The van der Waals surface area contributed by atoms with Gasteiger partial charge < -0.3 is 15.4 Å². The number of carbonyl (C=O) groups is 2. The lowest BCUT2D eigenvalue weighted by Crippen LogP contribution is -2.46. The van der Waals surface area contributed by atoms with Gasteiger partial charge in [0.15, 0.2) is 0 Å². The maximum absolute atomic E-state index is 13.2. The Morgan fingerprint density at radius 3 is 2.38 bits per heavy atom. The molecule has 0 saturated carbocycles. The molecular weight excluding hydrogens is 486 g/mol. The van der Waals surface area contributed by atoms with Crippen LogP contribution in [0.25, 0.3) is 10.6 Å². The highest BCUT2D eigenvalue weighted by Crippen LogP contribution is 2.29. The summed E-state index contributed by atoms with van der Waals surface area (Å²) < 4.78 is 5.27. The minimum atomic E-state index is -0.832. The van der Waals surface area contributed by atoms with Crippen LogP contribution in [0, 0.1) is 0 Å². The van der Waals surface area contributed by atoms with Gasteiger partial charge in [0.05, 0.1) is 7.11 Å². The van der Waals surface area contributed by atoms with Gasteiger partial charge in [0.1, 0.15) is 16.8 Å². The van der Waals surface area contributed by atoms with Crippen LogP contribution >= 0.6 is 11.3 Å². The van der Waals surface area contributed by atoms with Crippen molar-refractivity contribution in [3.05, 3.63) is 90.0 Å². The Labute approximate surface area is 220 Å². The third-order valence-corrected chi connectivity index (χ3v) is 6.60. The second kappa shape index (κ2) is 12.1. The van der Waals surface area contributed by atoms with Gasteiger partial charge in [-0.15, -0.1) is 10.2 Å². The number of ether oxygens (including phenoxy) is 1. The Morgan fingerprint density at radius 1 is 0.919 bits per heavy atom. The molecule has 0 aliphatic carbocycles. The zero-order valence-electron chi connectivity index (χ0n) is 20.9. The van der Waals surface area contributed by atoms with Crippen molar-refractivity contribution in [2.24, 2.45) is 0 Å². The number of methoxy groups -OCH3 is 1. The van der Waals surface area contributed by atoms with Crippen molar-refractivity contribution >= 4 is 34.1 Å². The summed E-state index contributed by atoms with van der Waals surface area (Å²) in [5, 5.41) is 17.7. The number of nitrogens with one attached hydrogen (secondary N) is 3. The number of benzene rings is 3. The molecule has 8 nitrogen and oxygen atoms in total. The monoisotopic (exact) mass is 515 g/mol. The summed E-state index contributed by atoms with van der Waals surface area (Å²) in [7, 11) is 1.60. The minimum absolute atomic E-state index is 0.313. The molecule has 4 rings (SSSR count). The van der Waals surface area contributed by atoms with E-state index in [0.717, 1.165) is 11.1 Å². The molecule has 0 fully saturated rings. The quantitative estimate of drug-likeness (QED) is 0.265. The predicted octanol–water partition coefficient (Wildman–Crippen LogP) is 5.71. The number of nitrogens with zero attached hydrogens (tertiary/aromatic N) is 2. The molecule has 1 heterocycles. The lowest BCUT2D eigenvalue weighted by Gasteiger charge is -2.18. The van der Waals surface area contributed by atoms with Gasteiger partial charge in [0.2, 0.25) is 11.0 Å². The zero-order chi connectivity index (χ0) is 26.2. The summed E-state index contributed by atoms with van der Waals surface area (Å²) in [6, 6.07) is 23.3. The number of carbonyl (C=O) groups excluding carboxylic acids is 2. The summed E-state index contributed by atoms with van der Waals surface area (Å²) in [5.74, 6) is 0.712. The Bertz CT molecular complexity index is 1340. The second-order valence-electron chi connectivity index (χ2n) is 8.75. The van der Waals surface area contributed by atoms with Crippen LogP contribution in [0.4, 0.5) is 15.6 Å². The Kier molecular flexibility index (Phi) is 8.48. The number of hydrogen-bond donors (Lipinski definition) is 3. The summed E-state index contributed by atoms with van der Waals surface area (Å²) in [6.07, 6.45) is 0.313. The van der Waals surface area contributed by atoms with Crippen molar-refractivity contribution in [1.29, 1.82) is 0 Å². The van der Waals surface area contributed by atoms with E-state index in [9.17, 15) is 9.59 Å². The first-order valence-electron chi connectivity index (χ1n) is 11.9. The maximum atomic E-state index is 13.2. The number of hydrogen-bond acceptors (Lipinski definition) is 6. The molecule has 4 aromatic rings. The molecule has 1 atom stereocenters. The Hall–Kier alpha value is -4.24. The number of amides is 3. The average molecular weight is 516 g/mol. The number of aromatic nitrogens is 2. The summed E-state index contributed by atoms with van der Waals surface area (Å²) in [6.45, 7) is 4.22. The minimum Gasteiger partial charge on any atom is -0.497 e. The molecule has 9 heteroatoms. The highest BCUT2D eigenvalue weighted by molar-refractivity contribution is 7.18. The van der Waals surface area contributed by atoms with Crippen molar-refractivity contribution in [3.8, 4) is 16.3 Å². The molecular formula is C28H29N5O3S. The standard InChI is InChI=1S/C28H29N5O3S/c1-18(2)20-12-14-22(15-13-20)29-27(35)30-24(16-19-8-5-4-6-9-19)25(34)31-28-33-32-26(37-28)21-10-7-11-23(17-21)36-3/h4-15,17-18,24H,16H2,1-3H3,(H2,29,30,35)(H,31,33,34). The maximum Gasteiger partial charge on any atom is 0.319 e. The van der Waals surface area contributed by atoms with Crippen LogP contribution in [0.3, 0.4) is 0 Å². The molecule has 3 N–H and O–H groups in total. The fraction of sp³-hybridized carbons (Fsp3) is 0.214. The molecule has 0 spiro atoms. The van der Waals surface area contributed by atoms with E-state index in [1.54, 1.807) is 7.11 Å². The average Bonchev–Trinajstić information content (AvgIpc) is 3.37. The van der Waals surface area contributed by atoms with E-state index in [1.807, 2.05) is 78.9 Å². The Balaban J connectivity index is 1.46. The first-order valence-corrected chi connectivity index (χ1v) is 12.7. The summed E-state index contributed by atoms with van der Waals surface area (Å²) in [4.78, 5) is 26.0. The molecule has 190 valence electrons. The number of rotatable bonds is 9. The van der Waals surface area contributed by atoms with Gasteiger partial charge in [0, 0.05) is 17.7 Å². The van der Waals surface area contributed by atoms with Crippen molar-refractivity contribution in [3.63, 3.8) is 0 Å². The first-order chi connectivity index (χ1) is 17.9. The lowest BCUT2D eigenvalue weighted by molar-refractivity contribution is -0.117. The van der Waals surface area contributed by atoms with Crippen molar-refractivity contribution < 1.29 is 14.3 Å². The summed E-state index contributed by atoms with van der Waals surface area (Å²) in [5.41, 5.74) is 3.57. The van der Waals surface area contributed by atoms with E-state index in [2.05, 4.69) is 40.0 Å². The first kappa shape index (κ1) is 25.8. The van der Waals surface area contributed by atoms with E-state index in [0.29, 0.717) is 33.9 Å². The van der Waals surface area contributed by atoms with Crippen molar-refractivity contribution in [2.45, 2.75) is 32.2 Å². The zero-order valence-corrected chi connectivity index (χ0v) is 21.7. The summed E-state index contributed by atoms with van der Waals surface area (Å²) >= 11 is 1.24. The molecule has 0 aliphatic heterocycles. The predicted molar refractivity (Wildman–Crippen MR) is 147 cm³/mol. The van der Waals surface area contributed by atoms with Gasteiger partial charge in [-0.2, -0.15) is 0 Å². The van der Waals surface area contributed by atoms with E-state index >= 15 is 0 Å². The number of anilines is 2.